The van der Waals surface area contributed by atoms with Crippen molar-refractivity contribution < 1.29 is 24.2 Å². The van der Waals surface area contributed by atoms with Crippen molar-refractivity contribution in [2.24, 2.45) is 0 Å². The van der Waals surface area contributed by atoms with Crippen molar-refractivity contribution in [3.05, 3.63) is 38.4 Å². The van der Waals surface area contributed by atoms with Gasteiger partial charge in [-0.3, -0.25) is 29.8 Å². The molecular formula is C22H32N4O7. The summed E-state index contributed by atoms with van der Waals surface area (Å²) in [4.78, 5) is 47.3. The molecule has 1 unspecified atom stereocenters. The molecule has 11 heteroatoms. The average Bonchev–Trinajstić information content (AvgIpc) is 2.78. The number of non-ortho nitro benzene ring substituents is 1. The summed E-state index contributed by atoms with van der Waals surface area (Å²) in [5.41, 5.74) is -0.856. The predicted molar refractivity (Wildman–Crippen MR) is 122 cm³/mol. The van der Waals surface area contributed by atoms with Gasteiger partial charge in [0.05, 0.1) is 28.9 Å². The Labute approximate surface area is 192 Å². The summed E-state index contributed by atoms with van der Waals surface area (Å²) in [5.74, 6) is -1.01. The fourth-order valence-corrected chi connectivity index (χ4v) is 3.86. The first-order valence-electron chi connectivity index (χ1n) is 11.5. The molecule has 1 aromatic carbocycles. The van der Waals surface area contributed by atoms with Gasteiger partial charge in [0.2, 0.25) is 5.91 Å². The summed E-state index contributed by atoms with van der Waals surface area (Å²) in [6.07, 6.45) is 8.63. The maximum atomic E-state index is 12.5. The molecule has 11 nitrogen and oxygen atoms in total. The van der Waals surface area contributed by atoms with Crippen molar-refractivity contribution in [1.29, 1.82) is 0 Å². The summed E-state index contributed by atoms with van der Waals surface area (Å²) >= 11 is 0. The lowest BCUT2D eigenvalue weighted by Crippen LogP contribution is -2.56. The number of carbonyl (C=O) groups is 2. The second-order valence-corrected chi connectivity index (χ2v) is 8.09. The second kappa shape index (κ2) is 13.3. The number of unbranched alkanes of at least 4 members (excludes halogenated alkanes) is 7. The lowest BCUT2D eigenvalue weighted by Gasteiger charge is -2.35. The summed E-state index contributed by atoms with van der Waals surface area (Å²) in [5, 5.41) is 25.2. The van der Waals surface area contributed by atoms with Gasteiger partial charge in [0, 0.05) is 19.2 Å². The minimum absolute atomic E-state index is 0.0568. The molecule has 1 heterocycles. The molecule has 0 aliphatic carbocycles. The maximum absolute atomic E-state index is 12.5. The van der Waals surface area contributed by atoms with E-state index < -0.39 is 39.1 Å². The van der Waals surface area contributed by atoms with Crippen LogP contribution in [-0.4, -0.2) is 47.5 Å². The van der Waals surface area contributed by atoms with E-state index in [0.717, 1.165) is 31.4 Å². The van der Waals surface area contributed by atoms with Crippen LogP contribution >= 0.6 is 0 Å². The van der Waals surface area contributed by atoms with Crippen LogP contribution < -0.4 is 10.2 Å². The number of hydrogen-bond acceptors (Lipinski definition) is 8. The number of nitrogens with zero attached hydrogens (tertiary/aromatic N) is 3. The smallest absolute Gasteiger partial charge is 0.308 e. The number of nitrogens with one attached hydrogen (secondary N) is 1. The number of piperazine rings is 1. The van der Waals surface area contributed by atoms with Gasteiger partial charge in [0.15, 0.2) is 0 Å². The van der Waals surface area contributed by atoms with E-state index in [0.29, 0.717) is 0 Å². The molecule has 1 aliphatic rings. The lowest BCUT2D eigenvalue weighted by atomic mass is 10.1. The molecule has 2 rings (SSSR count). The highest BCUT2D eigenvalue weighted by molar-refractivity contribution is 5.91. The first-order valence-corrected chi connectivity index (χ1v) is 11.5. The van der Waals surface area contributed by atoms with Crippen molar-refractivity contribution in [2.45, 2.75) is 70.8 Å². The minimum atomic E-state index is -0.995. The molecule has 1 N–H and O–H groups in total. The largest absolute Gasteiger partial charge is 0.466 e. The quantitative estimate of drug-likeness (QED) is 0.189. The van der Waals surface area contributed by atoms with Gasteiger partial charge in [-0.1, -0.05) is 51.9 Å². The summed E-state index contributed by atoms with van der Waals surface area (Å²) in [6, 6.07) is 2.25. The Morgan fingerprint density at radius 1 is 1.09 bits per heavy atom. The van der Waals surface area contributed by atoms with Crippen LogP contribution in [0.2, 0.25) is 0 Å². The molecule has 1 aliphatic heterocycles. The van der Waals surface area contributed by atoms with Crippen LogP contribution in [0, 0.1) is 20.2 Å². The molecule has 0 spiro atoms. The normalized spacial score (nSPS) is 15.7. The van der Waals surface area contributed by atoms with Crippen molar-refractivity contribution in [3.8, 4) is 0 Å². The van der Waals surface area contributed by atoms with Crippen molar-refractivity contribution >= 4 is 28.9 Å². The number of rotatable bonds is 14. The molecule has 1 fully saturated rings. The molecule has 0 saturated carbocycles. The number of amides is 1. The van der Waals surface area contributed by atoms with E-state index in [-0.39, 0.29) is 31.8 Å². The number of benzene rings is 1. The van der Waals surface area contributed by atoms with E-state index in [1.807, 2.05) is 0 Å². The zero-order valence-corrected chi connectivity index (χ0v) is 19.0. The topological polar surface area (TPSA) is 145 Å². The van der Waals surface area contributed by atoms with Gasteiger partial charge < -0.3 is 15.0 Å². The molecule has 1 aromatic rings. The number of nitro benzene ring substituents is 2. The number of nitro groups is 2. The van der Waals surface area contributed by atoms with Gasteiger partial charge in [-0.2, -0.15) is 0 Å². The van der Waals surface area contributed by atoms with Crippen LogP contribution in [0.3, 0.4) is 0 Å². The Kier molecular flexibility index (Phi) is 10.5. The van der Waals surface area contributed by atoms with Gasteiger partial charge in [0.1, 0.15) is 11.7 Å². The Morgan fingerprint density at radius 2 is 1.76 bits per heavy atom. The lowest BCUT2D eigenvalue weighted by molar-refractivity contribution is -0.393. The minimum Gasteiger partial charge on any atom is -0.466 e. The van der Waals surface area contributed by atoms with Gasteiger partial charge in [-0.15, -0.1) is 0 Å². The third kappa shape index (κ3) is 7.99. The van der Waals surface area contributed by atoms with Crippen LogP contribution in [-0.2, 0) is 14.3 Å². The molecule has 1 amide bonds. The first-order chi connectivity index (χ1) is 15.8. The van der Waals surface area contributed by atoms with E-state index in [2.05, 4.69) is 12.2 Å². The highest BCUT2D eigenvalue weighted by Crippen LogP contribution is 2.34. The molecule has 1 saturated heterocycles. The van der Waals surface area contributed by atoms with Crippen molar-refractivity contribution in [2.75, 3.05) is 24.6 Å². The standard InChI is InChI=1S/C22H32N4O7/c1-2-3-4-5-6-7-8-9-14-33-21(27)16-20-22(28)23-12-13-24(20)18-11-10-17(25(29)30)15-19(18)26(31)32/h10-11,15,20H,2-9,12-14,16H2,1H3,(H,23,28). The van der Waals surface area contributed by atoms with E-state index in [9.17, 15) is 29.8 Å². The maximum Gasteiger partial charge on any atom is 0.308 e. The molecule has 0 radical (unpaired) electrons. The SMILES string of the molecule is CCCCCCCCCCOC(=O)CC1C(=O)NCCN1c1ccc([N+](=O)[O-])cc1[N+](=O)[O-]. The zero-order chi connectivity index (χ0) is 24.2. The molecular weight excluding hydrogens is 432 g/mol. The van der Waals surface area contributed by atoms with Crippen LogP contribution in [0.1, 0.15) is 64.7 Å². The number of anilines is 1. The highest BCUT2D eigenvalue weighted by Gasteiger charge is 2.36. The fraction of sp³-hybridized carbons (Fsp3) is 0.636. The average molecular weight is 465 g/mol. The Bertz CT molecular complexity index is 846. The molecule has 1 atom stereocenters. The van der Waals surface area contributed by atoms with Gasteiger partial charge in [0.25, 0.3) is 11.4 Å². The number of ether oxygens (including phenoxy) is 1. The van der Waals surface area contributed by atoms with Crippen LogP contribution in [0.25, 0.3) is 0 Å². The number of hydrogen-bond donors (Lipinski definition) is 1. The summed E-state index contributed by atoms with van der Waals surface area (Å²) in [7, 11) is 0. The van der Waals surface area contributed by atoms with E-state index in [1.54, 1.807) is 0 Å². The Hall–Kier alpha value is -3.24. The van der Waals surface area contributed by atoms with Gasteiger partial charge >= 0.3 is 5.97 Å². The second-order valence-electron chi connectivity index (χ2n) is 8.09. The van der Waals surface area contributed by atoms with Crippen LogP contribution in [0.4, 0.5) is 17.1 Å². The van der Waals surface area contributed by atoms with Crippen molar-refractivity contribution in [1.82, 2.24) is 5.32 Å². The highest BCUT2D eigenvalue weighted by atomic mass is 16.6. The third-order valence-electron chi connectivity index (χ3n) is 5.63. The van der Waals surface area contributed by atoms with E-state index >= 15 is 0 Å². The third-order valence-corrected chi connectivity index (χ3v) is 5.63. The monoisotopic (exact) mass is 464 g/mol. The zero-order valence-electron chi connectivity index (χ0n) is 19.0. The van der Waals surface area contributed by atoms with Gasteiger partial charge in [-0.25, -0.2) is 0 Å². The van der Waals surface area contributed by atoms with Gasteiger partial charge in [-0.05, 0) is 12.5 Å². The molecule has 0 aromatic heterocycles. The first kappa shape index (κ1) is 26.0. The van der Waals surface area contributed by atoms with E-state index in [4.69, 9.17) is 4.74 Å². The number of carbonyl (C=O) groups excluding carboxylic acids is 2. The van der Waals surface area contributed by atoms with Crippen LogP contribution in [0.5, 0.6) is 0 Å². The molecule has 182 valence electrons. The number of esters is 1. The summed E-state index contributed by atoms with van der Waals surface area (Å²) in [6.45, 7) is 2.90. The summed E-state index contributed by atoms with van der Waals surface area (Å²) < 4.78 is 5.28. The molecule has 0 bridgehead atoms. The van der Waals surface area contributed by atoms with E-state index in [1.165, 1.54) is 43.1 Å². The van der Waals surface area contributed by atoms with Crippen LogP contribution in [0.15, 0.2) is 18.2 Å². The molecule has 33 heavy (non-hydrogen) atoms. The fourth-order valence-electron chi connectivity index (χ4n) is 3.86. The Morgan fingerprint density at radius 3 is 2.39 bits per heavy atom. The van der Waals surface area contributed by atoms with Crippen molar-refractivity contribution in [3.63, 3.8) is 0 Å². The Balaban J connectivity index is 1.94. The predicted octanol–water partition coefficient (Wildman–Crippen LogP) is 3.88.